The maximum Gasteiger partial charge on any atom is 0.311 e. The summed E-state index contributed by atoms with van der Waals surface area (Å²) in [6.45, 7) is 3.07. The minimum Gasteiger partial charge on any atom is -0.388 e. The zero-order valence-corrected chi connectivity index (χ0v) is 15.5. The van der Waals surface area contributed by atoms with Gasteiger partial charge in [-0.15, -0.1) is 0 Å². The van der Waals surface area contributed by atoms with Crippen LogP contribution in [0.3, 0.4) is 0 Å². The quantitative estimate of drug-likeness (QED) is 0.454. The molecule has 4 rings (SSSR count). The minimum absolute atomic E-state index is 0.0343. The molecule has 0 N–H and O–H groups in total. The molecule has 1 spiro atoms. The van der Waals surface area contributed by atoms with Crippen molar-refractivity contribution in [2.45, 2.75) is 31.8 Å². The average molecular weight is 377 g/mol. The van der Waals surface area contributed by atoms with Gasteiger partial charge in [0.25, 0.3) is 0 Å². The van der Waals surface area contributed by atoms with E-state index in [-0.39, 0.29) is 16.2 Å². The fourth-order valence-electron chi connectivity index (χ4n) is 3.47. The van der Waals surface area contributed by atoms with E-state index in [9.17, 15) is 10.1 Å². The number of hydrogen-bond acceptors (Lipinski definition) is 7. The van der Waals surface area contributed by atoms with Crippen molar-refractivity contribution >= 4 is 17.2 Å². The molecule has 0 amide bonds. The van der Waals surface area contributed by atoms with Gasteiger partial charge in [-0.25, -0.2) is 9.97 Å². The molecule has 2 aliphatic rings. The molecule has 1 saturated heterocycles. The predicted octanol–water partition coefficient (Wildman–Crippen LogP) is 2.86. The zero-order chi connectivity index (χ0) is 19.6. The highest BCUT2D eigenvalue weighted by Gasteiger charge is 2.42. The zero-order valence-electron chi connectivity index (χ0n) is 15.5. The fourth-order valence-corrected chi connectivity index (χ4v) is 3.47. The lowest BCUT2D eigenvalue weighted by atomic mass is 9.87. The van der Waals surface area contributed by atoms with Gasteiger partial charge < -0.3 is 9.74 Å². The number of anilines is 1. The highest BCUT2D eigenvalue weighted by molar-refractivity contribution is 6.01. The first-order chi connectivity index (χ1) is 13.5. The lowest BCUT2D eigenvalue weighted by Crippen LogP contribution is -2.45. The second-order valence-electron chi connectivity index (χ2n) is 6.99. The molecule has 0 aromatic carbocycles. The molecular formula is C20H19N5O3. The van der Waals surface area contributed by atoms with Crippen molar-refractivity contribution in [1.29, 1.82) is 0 Å². The number of hydrogen-bond donors (Lipinski definition) is 0. The monoisotopic (exact) mass is 377 g/mol. The van der Waals surface area contributed by atoms with Gasteiger partial charge in [-0.2, -0.15) is 0 Å². The number of nitrogens with zero attached hydrogens (tertiary/aromatic N) is 5. The lowest BCUT2D eigenvalue weighted by Gasteiger charge is -2.37. The van der Waals surface area contributed by atoms with Crippen molar-refractivity contribution in [3.05, 3.63) is 58.0 Å². The van der Waals surface area contributed by atoms with Gasteiger partial charge in [0.15, 0.2) is 0 Å². The largest absolute Gasteiger partial charge is 0.388 e. The third kappa shape index (κ3) is 3.64. The summed E-state index contributed by atoms with van der Waals surface area (Å²) in [6.07, 6.45) is 3.76. The summed E-state index contributed by atoms with van der Waals surface area (Å²) in [4.78, 5) is 27.2. The average Bonchev–Trinajstić information content (AvgIpc) is 3.10. The molecule has 2 aromatic rings. The molecular weight excluding hydrogens is 358 g/mol. The van der Waals surface area contributed by atoms with E-state index in [0.29, 0.717) is 49.6 Å². The molecule has 0 unspecified atom stereocenters. The van der Waals surface area contributed by atoms with Gasteiger partial charge in [0.05, 0.1) is 4.92 Å². The molecule has 4 heterocycles. The Morgan fingerprint density at radius 2 is 2.04 bits per heavy atom. The van der Waals surface area contributed by atoms with E-state index in [1.807, 2.05) is 30.0 Å². The molecule has 2 aromatic heterocycles. The molecule has 0 aliphatic carbocycles. The summed E-state index contributed by atoms with van der Waals surface area (Å²) >= 11 is 0. The smallest absolute Gasteiger partial charge is 0.311 e. The van der Waals surface area contributed by atoms with Crippen LogP contribution in [-0.4, -0.2) is 39.3 Å². The predicted molar refractivity (Wildman–Crippen MR) is 104 cm³/mol. The second kappa shape index (κ2) is 7.27. The minimum atomic E-state index is -0.386. The van der Waals surface area contributed by atoms with Crippen LogP contribution in [0.25, 0.3) is 0 Å². The van der Waals surface area contributed by atoms with Crippen LogP contribution >= 0.6 is 0 Å². The van der Waals surface area contributed by atoms with Crippen molar-refractivity contribution in [1.82, 2.24) is 9.97 Å². The van der Waals surface area contributed by atoms with Crippen LogP contribution < -0.4 is 4.90 Å². The summed E-state index contributed by atoms with van der Waals surface area (Å²) in [5, 5.41) is 15.5. The first kappa shape index (κ1) is 17.9. The van der Waals surface area contributed by atoms with E-state index in [4.69, 9.17) is 4.84 Å². The van der Waals surface area contributed by atoms with Gasteiger partial charge in [0.1, 0.15) is 17.0 Å². The third-order valence-electron chi connectivity index (χ3n) is 5.00. The molecule has 142 valence electrons. The van der Waals surface area contributed by atoms with Gasteiger partial charge in [0, 0.05) is 50.3 Å². The van der Waals surface area contributed by atoms with Crippen LogP contribution in [0, 0.1) is 28.9 Å². The Balaban J connectivity index is 1.42. The number of aryl methyl sites for hydroxylation is 1. The highest BCUT2D eigenvalue weighted by Crippen LogP contribution is 2.37. The van der Waals surface area contributed by atoms with Crippen LogP contribution in [0.4, 0.5) is 11.5 Å². The topological polar surface area (TPSA) is 93.8 Å². The fraction of sp³-hybridized carbons (Fsp3) is 0.350. The lowest BCUT2D eigenvalue weighted by molar-refractivity contribution is -0.384. The number of piperidine rings is 1. The van der Waals surface area contributed by atoms with Gasteiger partial charge in [-0.1, -0.05) is 11.2 Å². The summed E-state index contributed by atoms with van der Waals surface area (Å²) in [5.74, 6) is 6.47. The summed E-state index contributed by atoms with van der Waals surface area (Å²) in [6, 6.07) is 8.76. The Hall–Kier alpha value is -3.47. The van der Waals surface area contributed by atoms with Crippen LogP contribution in [0.5, 0.6) is 0 Å². The third-order valence-corrected chi connectivity index (χ3v) is 5.00. The number of nitro groups is 1. The maximum atomic E-state index is 11.3. The molecule has 0 saturated carbocycles. The Bertz CT molecular complexity index is 986. The highest BCUT2D eigenvalue weighted by atomic mass is 16.7. The summed E-state index contributed by atoms with van der Waals surface area (Å²) < 4.78 is 0. The SMILES string of the molecule is Cc1ccc([N+](=O)[O-])c(N2CCC3(CC2)CC(C#Cc2ccccn2)=NO3)n1. The van der Waals surface area contributed by atoms with Crippen LogP contribution in [0.2, 0.25) is 0 Å². The normalized spacial score (nSPS) is 17.5. The van der Waals surface area contributed by atoms with E-state index < -0.39 is 0 Å². The molecule has 8 nitrogen and oxygen atoms in total. The Kier molecular flexibility index (Phi) is 4.65. The Morgan fingerprint density at radius 1 is 1.21 bits per heavy atom. The van der Waals surface area contributed by atoms with Crippen LogP contribution in [-0.2, 0) is 4.84 Å². The first-order valence-electron chi connectivity index (χ1n) is 9.10. The van der Waals surface area contributed by atoms with E-state index in [1.165, 1.54) is 6.07 Å². The molecule has 8 heteroatoms. The van der Waals surface area contributed by atoms with E-state index in [1.54, 1.807) is 12.3 Å². The van der Waals surface area contributed by atoms with Gasteiger partial charge in [0.2, 0.25) is 5.82 Å². The molecule has 28 heavy (non-hydrogen) atoms. The molecule has 1 fully saturated rings. The molecule has 0 bridgehead atoms. The number of pyridine rings is 2. The Morgan fingerprint density at radius 3 is 2.75 bits per heavy atom. The number of aromatic nitrogens is 2. The molecule has 0 radical (unpaired) electrons. The van der Waals surface area contributed by atoms with E-state index >= 15 is 0 Å². The number of oxime groups is 1. The van der Waals surface area contributed by atoms with Gasteiger partial charge in [-0.05, 0) is 37.0 Å². The van der Waals surface area contributed by atoms with E-state index in [0.717, 1.165) is 5.69 Å². The standard InChI is InChI=1S/C20H19N5O3/c1-15-5-8-18(25(26)27)19(22-15)24-12-9-20(10-13-24)14-17(23-28-20)7-6-16-4-2-3-11-21-16/h2-5,8,11H,9-10,12-14H2,1H3. The van der Waals surface area contributed by atoms with Crippen molar-refractivity contribution in [2.75, 3.05) is 18.0 Å². The van der Waals surface area contributed by atoms with Crippen molar-refractivity contribution in [3.8, 4) is 11.8 Å². The molecule has 2 aliphatic heterocycles. The van der Waals surface area contributed by atoms with Crippen LogP contribution in [0.15, 0.2) is 41.7 Å². The van der Waals surface area contributed by atoms with Gasteiger partial charge in [-0.3, -0.25) is 10.1 Å². The van der Waals surface area contributed by atoms with Crippen molar-refractivity contribution in [2.24, 2.45) is 5.16 Å². The second-order valence-corrected chi connectivity index (χ2v) is 6.99. The van der Waals surface area contributed by atoms with Gasteiger partial charge >= 0.3 is 5.69 Å². The van der Waals surface area contributed by atoms with Crippen LogP contribution in [0.1, 0.15) is 30.7 Å². The number of rotatable bonds is 2. The first-order valence-corrected chi connectivity index (χ1v) is 9.10. The summed E-state index contributed by atoms with van der Waals surface area (Å²) in [5.41, 5.74) is 1.81. The Labute approximate surface area is 162 Å². The van der Waals surface area contributed by atoms with Crippen molar-refractivity contribution < 1.29 is 9.76 Å². The maximum absolute atomic E-state index is 11.3. The van der Waals surface area contributed by atoms with Crippen molar-refractivity contribution in [3.63, 3.8) is 0 Å². The van der Waals surface area contributed by atoms with E-state index in [2.05, 4.69) is 27.0 Å². The molecule has 0 atom stereocenters. The summed E-state index contributed by atoms with van der Waals surface area (Å²) in [7, 11) is 0.